The number of hydrogen-bond donors (Lipinski definition) is 2. The van der Waals surface area contributed by atoms with E-state index in [4.69, 9.17) is 9.47 Å². The molecule has 2 aromatic carbocycles. The van der Waals surface area contributed by atoms with E-state index in [-0.39, 0.29) is 30.1 Å². The van der Waals surface area contributed by atoms with Crippen LogP contribution in [0.3, 0.4) is 0 Å². The van der Waals surface area contributed by atoms with Gasteiger partial charge < -0.3 is 9.47 Å². The third-order valence-corrected chi connectivity index (χ3v) is 6.17. The molecular weight excluding hydrogens is 492 g/mol. The molecule has 3 aromatic rings. The summed E-state index contributed by atoms with van der Waals surface area (Å²) in [6.45, 7) is 1.79. The summed E-state index contributed by atoms with van der Waals surface area (Å²) in [7, 11) is 0. The van der Waals surface area contributed by atoms with Gasteiger partial charge in [0.25, 0.3) is 0 Å². The minimum Gasteiger partial charge on any atom is -0.378 e. The maximum Gasteiger partial charge on any atom is 0.416 e. The fraction of sp³-hybridized carbons (Fsp3) is 0.417. The topological polar surface area (TPSA) is 80.0 Å². The Kier molecular flexibility index (Phi) is 7.28. The molecular formula is C24H23F6N3O3. The number of rotatable bonds is 6. The van der Waals surface area contributed by atoms with Crippen LogP contribution in [0.15, 0.2) is 53.3 Å². The van der Waals surface area contributed by atoms with Crippen LogP contribution < -0.4 is 5.69 Å². The highest BCUT2D eigenvalue weighted by Gasteiger charge is 2.40. The predicted octanol–water partition coefficient (Wildman–Crippen LogP) is 5.25. The standard InChI is InChI=1S/C24H23F6N3O3/c1-13(15-7-17(23(25,26)27)10-18(8-15)24(28,29)30)36-19-12-35-11-16(9-20-31-22(34)33-32-20)21(19)14-5-3-2-4-6-14/h2-8,10,13,16,19,21H,9,11-12H2,1H3,(H2,31,32,33,34). The highest BCUT2D eigenvalue weighted by Crippen LogP contribution is 2.40. The number of hydrogen-bond acceptors (Lipinski definition) is 4. The lowest BCUT2D eigenvalue weighted by atomic mass is 9.79. The van der Waals surface area contributed by atoms with E-state index in [9.17, 15) is 31.1 Å². The molecule has 4 unspecified atom stereocenters. The summed E-state index contributed by atoms with van der Waals surface area (Å²) < 4.78 is 91.8. The van der Waals surface area contributed by atoms with Crippen LogP contribution in [0.5, 0.6) is 0 Å². The first-order chi connectivity index (χ1) is 16.9. The summed E-state index contributed by atoms with van der Waals surface area (Å²) in [6.07, 6.45) is -11.4. The van der Waals surface area contributed by atoms with Gasteiger partial charge in [0.2, 0.25) is 0 Å². The van der Waals surface area contributed by atoms with Crippen LogP contribution in [0.25, 0.3) is 0 Å². The summed E-state index contributed by atoms with van der Waals surface area (Å²) in [4.78, 5) is 14.0. The molecule has 1 fully saturated rings. The Hall–Kier alpha value is -3.12. The van der Waals surface area contributed by atoms with Gasteiger partial charge in [0.1, 0.15) is 5.82 Å². The molecule has 1 aliphatic rings. The summed E-state index contributed by atoms with van der Waals surface area (Å²) in [5.41, 5.74) is -2.65. The van der Waals surface area contributed by atoms with Gasteiger partial charge in [0.05, 0.1) is 36.5 Å². The van der Waals surface area contributed by atoms with Crippen LogP contribution in [0, 0.1) is 5.92 Å². The van der Waals surface area contributed by atoms with E-state index in [1.54, 1.807) is 0 Å². The number of H-pyrrole nitrogens is 2. The summed E-state index contributed by atoms with van der Waals surface area (Å²) in [5.74, 6) is -0.157. The molecule has 1 saturated heterocycles. The van der Waals surface area contributed by atoms with E-state index < -0.39 is 41.4 Å². The van der Waals surface area contributed by atoms with Crippen LogP contribution in [-0.4, -0.2) is 34.5 Å². The molecule has 4 rings (SSSR count). The molecule has 0 saturated carbocycles. The van der Waals surface area contributed by atoms with Gasteiger partial charge in [0.15, 0.2) is 0 Å². The number of halogens is 6. The second-order valence-corrected chi connectivity index (χ2v) is 8.72. The SMILES string of the molecule is CC(OC1COCC(Cc2n[nH]c(=O)[nH]2)C1c1ccccc1)c1cc(C(F)(F)F)cc(C(F)(F)F)c1. The fourth-order valence-electron chi connectivity index (χ4n) is 4.52. The van der Waals surface area contributed by atoms with E-state index in [1.807, 2.05) is 30.3 Å². The molecule has 1 aromatic heterocycles. The minimum absolute atomic E-state index is 0.0859. The third kappa shape index (κ3) is 5.98. The Morgan fingerprint density at radius 1 is 1.03 bits per heavy atom. The first-order valence-electron chi connectivity index (χ1n) is 11.1. The number of alkyl halides is 6. The van der Waals surface area contributed by atoms with Crippen LogP contribution in [0.1, 0.15) is 47.0 Å². The zero-order valence-corrected chi connectivity index (χ0v) is 19.0. The zero-order valence-electron chi connectivity index (χ0n) is 19.0. The lowest BCUT2D eigenvalue weighted by Gasteiger charge is -2.39. The van der Waals surface area contributed by atoms with Crippen LogP contribution in [-0.2, 0) is 28.2 Å². The minimum atomic E-state index is -4.96. The fourth-order valence-corrected chi connectivity index (χ4v) is 4.52. The van der Waals surface area contributed by atoms with Crippen LogP contribution >= 0.6 is 0 Å². The van der Waals surface area contributed by atoms with Gasteiger partial charge in [0, 0.05) is 12.3 Å². The first-order valence-corrected chi connectivity index (χ1v) is 11.1. The summed E-state index contributed by atoms with van der Waals surface area (Å²) >= 11 is 0. The largest absolute Gasteiger partial charge is 0.416 e. The zero-order chi connectivity index (χ0) is 26.1. The third-order valence-electron chi connectivity index (χ3n) is 6.17. The number of aromatic amines is 2. The number of aromatic nitrogens is 3. The van der Waals surface area contributed by atoms with Crippen molar-refractivity contribution >= 4 is 0 Å². The average Bonchev–Trinajstić information content (AvgIpc) is 3.23. The van der Waals surface area contributed by atoms with Crippen molar-refractivity contribution in [1.82, 2.24) is 15.2 Å². The number of ether oxygens (including phenoxy) is 2. The van der Waals surface area contributed by atoms with E-state index in [2.05, 4.69) is 15.2 Å². The Labute approximate surface area is 201 Å². The van der Waals surface area contributed by atoms with Crippen molar-refractivity contribution in [1.29, 1.82) is 0 Å². The van der Waals surface area contributed by atoms with Gasteiger partial charge in [-0.2, -0.15) is 31.4 Å². The summed E-state index contributed by atoms with van der Waals surface area (Å²) in [5, 5.41) is 6.23. The van der Waals surface area contributed by atoms with E-state index in [1.165, 1.54) is 6.92 Å². The van der Waals surface area contributed by atoms with E-state index in [0.29, 0.717) is 31.0 Å². The molecule has 12 heteroatoms. The molecule has 4 atom stereocenters. The molecule has 0 spiro atoms. The highest BCUT2D eigenvalue weighted by molar-refractivity contribution is 5.35. The molecule has 0 bridgehead atoms. The van der Waals surface area contributed by atoms with Gasteiger partial charge in [-0.15, -0.1) is 0 Å². The smallest absolute Gasteiger partial charge is 0.378 e. The first kappa shape index (κ1) is 26.0. The lowest BCUT2D eigenvalue weighted by Crippen LogP contribution is -2.41. The van der Waals surface area contributed by atoms with Crippen molar-refractivity contribution in [3.63, 3.8) is 0 Å². The molecule has 0 amide bonds. The molecule has 1 aliphatic heterocycles. The molecule has 36 heavy (non-hydrogen) atoms. The lowest BCUT2D eigenvalue weighted by molar-refractivity contribution is -0.143. The quantitative estimate of drug-likeness (QED) is 0.440. The van der Waals surface area contributed by atoms with Crippen molar-refractivity contribution in [2.75, 3.05) is 13.2 Å². The van der Waals surface area contributed by atoms with Gasteiger partial charge >= 0.3 is 18.0 Å². The van der Waals surface area contributed by atoms with Crippen molar-refractivity contribution in [3.8, 4) is 0 Å². The van der Waals surface area contributed by atoms with Crippen LogP contribution in [0.2, 0.25) is 0 Å². The van der Waals surface area contributed by atoms with E-state index >= 15 is 0 Å². The second kappa shape index (κ2) is 10.1. The Morgan fingerprint density at radius 3 is 2.22 bits per heavy atom. The van der Waals surface area contributed by atoms with Crippen LogP contribution in [0.4, 0.5) is 26.3 Å². The Balaban J connectivity index is 1.65. The molecule has 0 aliphatic carbocycles. The van der Waals surface area contributed by atoms with Gasteiger partial charge in [-0.05, 0) is 42.2 Å². The molecule has 2 heterocycles. The highest BCUT2D eigenvalue weighted by atomic mass is 19.4. The van der Waals surface area contributed by atoms with Crippen molar-refractivity contribution in [2.24, 2.45) is 5.92 Å². The van der Waals surface area contributed by atoms with E-state index in [0.717, 1.165) is 5.56 Å². The summed E-state index contributed by atoms with van der Waals surface area (Å²) in [6, 6.07) is 10.6. The van der Waals surface area contributed by atoms with Crippen molar-refractivity contribution in [2.45, 2.75) is 43.8 Å². The molecule has 6 nitrogen and oxygen atoms in total. The van der Waals surface area contributed by atoms with Crippen molar-refractivity contribution in [3.05, 3.63) is 87.1 Å². The number of nitrogens with zero attached hydrogens (tertiary/aromatic N) is 1. The Bertz CT molecular complexity index is 1190. The normalized spacial score (nSPS) is 21.9. The maximum absolute atomic E-state index is 13.3. The maximum atomic E-state index is 13.3. The molecule has 194 valence electrons. The van der Waals surface area contributed by atoms with Crippen molar-refractivity contribution < 1.29 is 35.8 Å². The molecule has 0 radical (unpaired) electrons. The predicted molar refractivity (Wildman–Crippen MR) is 116 cm³/mol. The Morgan fingerprint density at radius 2 is 1.67 bits per heavy atom. The number of nitrogens with one attached hydrogen (secondary N) is 2. The van der Waals surface area contributed by atoms with Gasteiger partial charge in [-0.3, -0.25) is 4.98 Å². The monoisotopic (exact) mass is 515 g/mol. The second-order valence-electron chi connectivity index (χ2n) is 8.72. The van der Waals surface area contributed by atoms with Gasteiger partial charge in [-0.25, -0.2) is 9.89 Å². The van der Waals surface area contributed by atoms with Gasteiger partial charge in [-0.1, -0.05) is 30.3 Å². The average molecular weight is 515 g/mol. The molecule has 2 N–H and O–H groups in total. The number of benzene rings is 2.